The molecule has 0 heterocycles. The molecule has 7 nitrogen and oxygen atoms in total. The van der Waals surface area contributed by atoms with E-state index in [1.165, 1.54) is 14.0 Å². The molecule has 0 saturated heterocycles. The highest BCUT2D eigenvalue weighted by molar-refractivity contribution is 5.90. The molecule has 25 heavy (non-hydrogen) atoms. The largest absolute Gasteiger partial charge is 0.467 e. The van der Waals surface area contributed by atoms with Gasteiger partial charge < -0.3 is 15.4 Å². The molecule has 0 saturated carbocycles. The number of methoxy groups -OCH3 is 1. The van der Waals surface area contributed by atoms with E-state index in [9.17, 15) is 14.4 Å². The normalized spacial score (nSPS) is 12.6. The second-order valence-electron chi connectivity index (χ2n) is 6.02. The number of carbonyl (C=O) groups excluding carboxylic acids is 3. The van der Waals surface area contributed by atoms with Gasteiger partial charge in [0.25, 0.3) is 0 Å². The van der Waals surface area contributed by atoms with E-state index in [4.69, 9.17) is 10.00 Å². The van der Waals surface area contributed by atoms with Gasteiger partial charge in [0.05, 0.1) is 18.7 Å². The van der Waals surface area contributed by atoms with Crippen molar-refractivity contribution in [3.8, 4) is 6.07 Å². The fourth-order valence-corrected chi connectivity index (χ4v) is 2.35. The van der Waals surface area contributed by atoms with Gasteiger partial charge in [-0.1, -0.05) is 26.0 Å². The summed E-state index contributed by atoms with van der Waals surface area (Å²) in [5.41, 5.74) is 1.18. The third-order valence-corrected chi connectivity index (χ3v) is 3.61. The summed E-state index contributed by atoms with van der Waals surface area (Å²) in [6.07, 6.45) is 0.179. The number of hydrogen-bond acceptors (Lipinski definition) is 5. The van der Waals surface area contributed by atoms with Crippen molar-refractivity contribution in [1.29, 1.82) is 5.26 Å². The topological polar surface area (TPSA) is 108 Å². The van der Waals surface area contributed by atoms with Crippen LogP contribution in [0.3, 0.4) is 0 Å². The summed E-state index contributed by atoms with van der Waals surface area (Å²) < 4.78 is 4.76. The second-order valence-corrected chi connectivity index (χ2v) is 6.02. The number of nitrogens with one attached hydrogen (secondary N) is 2. The molecule has 0 radical (unpaired) electrons. The number of amides is 2. The SMILES string of the molecule is COC(=O)[C@@H](Cc1cccc(C#N)c1)NC(=O)[C@H](NC(C)=O)C(C)C. The first-order chi connectivity index (χ1) is 11.8. The molecule has 7 heteroatoms. The minimum absolute atomic E-state index is 0.149. The zero-order chi connectivity index (χ0) is 19.0. The van der Waals surface area contributed by atoms with E-state index in [-0.39, 0.29) is 18.2 Å². The Balaban J connectivity index is 2.95. The van der Waals surface area contributed by atoms with E-state index in [1.54, 1.807) is 38.1 Å². The Morgan fingerprint density at radius 2 is 1.92 bits per heavy atom. The number of nitriles is 1. The van der Waals surface area contributed by atoms with Crippen LogP contribution in [0.1, 0.15) is 31.9 Å². The molecule has 2 N–H and O–H groups in total. The molecule has 0 aromatic heterocycles. The number of hydrogen-bond donors (Lipinski definition) is 2. The molecular weight excluding hydrogens is 322 g/mol. The molecule has 134 valence electrons. The molecule has 0 unspecified atom stereocenters. The van der Waals surface area contributed by atoms with Gasteiger partial charge in [0.2, 0.25) is 11.8 Å². The standard InChI is InChI=1S/C18H23N3O4/c1-11(2)16(20-12(3)22)17(23)21-15(18(24)25-4)9-13-6-5-7-14(8-13)10-19/h5-8,11,15-16H,9H2,1-4H3,(H,20,22)(H,21,23)/t15-,16-/m1/s1. The minimum atomic E-state index is -0.915. The van der Waals surface area contributed by atoms with Crippen LogP contribution in [0.4, 0.5) is 0 Å². The Labute approximate surface area is 147 Å². The number of rotatable bonds is 7. The summed E-state index contributed by atoms with van der Waals surface area (Å²) in [6, 6.07) is 7.13. The van der Waals surface area contributed by atoms with Crippen molar-refractivity contribution < 1.29 is 19.1 Å². The van der Waals surface area contributed by atoms with Crippen molar-refractivity contribution in [3.05, 3.63) is 35.4 Å². The van der Waals surface area contributed by atoms with Gasteiger partial charge >= 0.3 is 5.97 Å². The van der Waals surface area contributed by atoms with Crippen molar-refractivity contribution in [2.45, 2.75) is 39.3 Å². The zero-order valence-electron chi connectivity index (χ0n) is 14.8. The lowest BCUT2D eigenvalue weighted by atomic mass is 10.0. The molecular formula is C18H23N3O4. The van der Waals surface area contributed by atoms with Crippen molar-refractivity contribution in [2.75, 3.05) is 7.11 Å². The number of ether oxygens (including phenoxy) is 1. The molecule has 1 rings (SSSR count). The third kappa shape index (κ3) is 6.26. The van der Waals surface area contributed by atoms with Gasteiger partial charge in [-0.05, 0) is 23.6 Å². The van der Waals surface area contributed by atoms with E-state index >= 15 is 0 Å². The van der Waals surface area contributed by atoms with Gasteiger partial charge in [-0.15, -0.1) is 0 Å². The van der Waals surface area contributed by atoms with Crippen LogP contribution in [0.15, 0.2) is 24.3 Å². The molecule has 0 aliphatic heterocycles. The van der Waals surface area contributed by atoms with Gasteiger partial charge in [0.15, 0.2) is 0 Å². The fourth-order valence-electron chi connectivity index (χ4n) is 2.35. The number of carbonyl (C=O) groups is 3. The molecule has 1 aromatic rings. The van der Waals surface area contributed by atoms with Crippen molar-refractivity contribution >= 4 is 17.8 Å². The van der Waals surface area contributed by atoms with E-state index < -0.39 is 24.0 Å². The lowest BCUT2D eigenvalue weighted by Crippen LogP contribution is -2.54. The summed E-state index contributed by atoms with van der Waals surface area (Å²) in [5, 5.41) is 14.2. The van der Waals surface area contributed by atoms with Crippen LogP contribution in [-0.2, 0) is 25.5 Å². The van der Waals surface area contributed by atoms with E-state index in [2.05, 4.69) is 10.6 Å². The van der Waals surface area contributed by atoms with Crippen molar-refractivity contribution in [3.63, 3.8) is 0 Å². The molecule has 2 atom stereocenters. The molecule has 1 aromatic carbocycles. The Morgan fingerprint density at radius 1 is 1.24 bits per heavy atom. The maximum atomic E-state index is 12.5. The predicted molar refractivity (Wildman–Crippen MR) is 91.3 cm³/mol. The predicted octanol–water partition coefficient (Wildman–Crippen LogP) is 0.919. The average Bonchev–Trinajstić information content (AvgIpc) is 2.57. The van der Waals surface area contributed by atoms with E-state index in [1.807, 2.05) is 6.07 Å². The summed E-state index contributed by atoms with van der Waals surface area (Å²) in [6.45, 7) is 4.92. The van der Waals surface area contributed by atoms with E-state index in [0.717, 1.165) is 5.56 Å². The highest BCUT2D eigenvalue weighted by Gasteiger charge is 2.28. The summed E-state index contributed by atoms with van der Waals surface area (Å²) in [5.74, 6) is -1.53. The van der Waals surface area contributed by atoms with Crippen LogP contribution in [-0.4, -0.2) is 37.0 Å². The van der Waals surface area contributed by atoms with Crippen LogP contribution in [0.2, 0.25) is 0 Å². The van der Waals surface area contributed by atoms with Crippen LogP contribution in [0.5, 0.6) is 0 Å². The number of benzene rings is 1. The highest BCUT2D eigenvalue weighted by atomic mass is 16.5. The fraction of sp³-hybridized carbons (Fsp3) is 0.444. The van der Waals surface area contributed by atoms with Gasteiger partial charge in [0.1, 0.15) is 12.1 Å². The maximum Gasteiger partial charge on any atom is 0.328 e. The molecule has 0 fully saturated rings. The third-order valence-electron chi connectivity index (χ3n) is 3.61. The number of nitrogens with zero attached hydrogens (tertiary/aromatic N) is 1. The number of esters is 1. The van der Waals surface area contributed by atoms with Crippen molar-refractivity contribution in [1.82, 2.24) is 10.6 Å². The second kappa shape index (κ2) is 9.42. The summed E-state index contributed by atoms with van der Waals surface area (Å²) in [4.78, 5) is 35.8. The average molecular weight is 345 g/mol. The highest BCUT2D eigenvalue weighted by Crippen LogP contribution is 2.09. The van der Waals surface area contributed by atoms with E-state index in [0.29, 0.717) is 5.56 Å². The van der Waals surface area contributed by atoms with Crippen LogP contribution in [0.25, 0.3) is 0 Å². The zero-order valence-corrected chi connectivity index (χ0v) is 14.8. The molecule has 0 aliphatic carbocycles. The Bertz CT molecular complexity index is 679. The Morgan fingerprint density at radius 3 is 2.44 bits per heavy atom. The van der Waals surface area contributed by atoms with Gasteiger partial charge in [-0.3, -0.25) is 9.59 Å². The lowest BCUT2D eigenvalue weighted by molar-refractivity contribution is -0.145. The van der Waals surface area contributed by atoms with Gasteiger partial charge in [-0.25, -0.2) is 4.79 Å². The van der Waals surface area contributed by atoms with Crippen molar-refractivity contribution in [2.24, 2.45) is 5.92 Å². The molecule has 2 amide bonds. The Hall–Kier alpha value is -2.88. The molecule has 0 aliphatic rings. The maximum absolute atomic E-state index is 12.5. The lowest BCUT2D eigenvalue weighted by Gasteiger charge is -2.24. The summed E-state index contributed by atoms with van der Waals surface area (Å²) >= 11 is 0. The molecule has 0 spiro atoms. The first kappa shape index (κ1) is 20.2. The molecule has 0 bridgehead atoms. The monoisotopic (exact) mass is 345 g/mol. The van der Waals surface area contributed by atoms with Crippen LogP contribution >= 0.6 is 0 Å². The van der Waals surface area contributed by atoms with Crippen LogP contribution < -0.4 is 10.6 Å². The quantitative estimate of drug-likeness (QED) is 0.714. The van der Waals surface area contributed by atoms with Gasteiger partial charge in [0, 0.05) is 13.3 Å². The van der Waals surface area contributed by atoms with Gasteiger partial charge in [-0.2, -0.15) is 5.26 Å². The minimum Gasteiger partial charge on any atom is -0.467 e. The first-order valence-electron chi connectivity index (χ1n) is 7.92. The Kier molecular flexibility index (Phi) is 7.60. The smallest absolute Gasteiger partial charge is 0.328 e. The van der Waals surface area contributed by atoms with Crippen LogP contribution in [0, 0.1) is 17.2 Å². The first-order valence-corrected chi connectivity index (χ1v) is 7.92. The summed E-state index contributed by atoms with van der Waals surface area (Å²) in [7, 11) is 1.24.